The lowest BCUT2D eigenvalue weighted by Gasteiger charge is -2.32. The van der Waals surface area contributed by atoms with E-state index in [2.05, 4.69) is 31.7 Å². The van der Waals surface area contributed by atoms with Crippen molar-refractivity contribution in [2.45, 2.75) is 44.6 Å². The second-order valence-electron chi connectivity index (χ2n) is 7.70. The predicted octanol–water partition coefficient (Wildman–Crippen LogP) is 2.22. The third-order valence-corrected chi connectivity index (χ3v) is 5.79. The average molecular weight is 368 g/mol. The summed E-state index contributed by atoms with van der Waals surface area (Å²) in [5.74, 6) is 2.34. The number of aromatic nitrogens is 4. The van der Waals surface area contributed by atoms with Crippen LogP contribution in [-0.4, -0.2) is 61.6 Å². The second-order valence-corrected chi connectivity index (χ2v) is 7.70. The van der Waals surface area contributed by atoms with Crippen LogP contribution in [0, 0.1) is 0 Å². The lowest BCUT2D eigenvalue weighted by Crippen LogP contribution is -2.39. The highest BCUT2D eigenvalue weighted by atomic mass is 16.2. The van der Waals surface area contributed by atoms with E-state index in [0.717, 1.165) is 50.7 Å². The van der Waals surface area contributed by atoms with Crippen molar-refractivity contribution in [3.05, 3.63) is 41.7 Å². The first kappa shape index (κ1) is 18.1. The Bertz CT molecular complexity index is 768. The normalized spacial score (nSPS) is 21.4. The predicted molar refractivity (Wildman–Crippen MR) is 102 cm³/mol. The summed E-state index contributed by atoms with van der Waals surface area (Å²) in [5.41, 5.74) is 0.655. The molecule has 4 rings (SSSR count). The van der Waals surface area contributed by atoms with Crippen molar-refractivity contribution in [2.24, 2.45) is 7.05 Å². The van der Waals surface area contributed by atoms with E-state index in [0.29, 0.717) is 12.1 Å². The molecule has 0 bridgehead atoms. The molecule has 1 unspecified atom stereocenters. The molecule has 2 aromatic heterocycles. The summed E-state index contributed by atoms with van der Waals surface area (Å²) >= 11 is 0. The van der Waals surface area contributed by atoms with Crippen molar-refractivity contribution >= 4 is 5.91 Å². The average Bonchev–Trinajstić information content (AvgIpc) is 3.09. The third-order valence-electron chi connectivity index (χ3n) is 5.79. The van der Waals surface area contributed by atoms with Crippen LogP contribution in [0.4, 0.5) is 0 Å². The van der Waals surface area contributed by atoms with Crippen molar-refractivity contribution in [3.8, 4) is 0 Å². The number of carbonyl (C=O) groups excluding carboxylic acids is 1. The molecule has 144 valence electrons. The molecule has 2 aromatic rings. The second kappa shape index (κ2) is 8.17. The van der Waals surface area contributed by atoms with Gasteiger partial charge in [0, 0.05) is 38.4 Å². The van der Waals surface area contributed by atoms with Crippen LogP contribution in [0.15, 0.2) is 24.5 Å². The summed E-state index contributed by atoms with van der Waals surface area (Å²) in [6.45, 7) is 4.67. The molecule has 4 heterocycles. The number of carbonyl (C=O) groups is 1. The molecule has 0 aromatic carbocycles. The Morgan fingerprint density at radius 1 is 1.15 bits per heavy atom. The zero-order chi connectivity index (χ0) is 18.6. The van der Waals surface area contributed by atoms with E-state index in [1.807, 2.05) is 17.0 Å². The van der Waals surface area contributed by atoms with E-state index >= 15 is 0 Å². The van der Waals surface area contributed by atoms with Crippen LogP contribution < -0.4 is 0 Å². The molecule has 0 aliphatic carbocycles. The smallest absolute Gasteiger partial charge is 0.255 e. The van der Waals surface area contributed by atoms with Gasteiger partial charge in [-0.25, -0.2) is 0 Å². The van der Waals surface area contributed by atoms with Crippen LogP contribution >= 0.6 is 0 Å². The van der Waals surface area contributed by atoms with Crippen molar-refractivity contribution in [3.63, 3.8) is 0 Å². The molecule has 2 fully saturated rings. The molecule has 0 N–H and O–H groups in total. The summed E-state index contributed by atoms with van der Waals surface area (Å²) in [6.07, 6.45) is 9.27. The molecule has 2 aliphatic rings. The first-order chi connectivity index (χ1) is 13.2. The van der Waals surface area contributed by atoms with E-state index < -0.39 is 0 Å². The van der Waals surface area contributed by atoms with Crippen molar-refractivity contribution in [1.82, 2.24) is 29.5 Å². The molecule has 7 nitrogen and oxygen atoms in total. The molecule has 1 atom stereocenters. The zero-order valence-corrected chi connectivity index (χ0v) is 16.0. The van der Waals surface area contributed by atoms with Crippen molar-refractivity contribution in [2.75, 3.05) is 26.2 Å². The number of nitrogens with zero attached hydrogens (tertiary/aromatic N) is 6. The Kier molecular flexibility index (Phi) is 5.48. The Morgan fingerprint density at radius 3 is 2.78 bits per heavy atom. The maximum Gasteiger partial charge on any atom is 0.255 e. The van der Waals surface area contributed by atoms with Crippen LogP contribution in [0.1, 0.15) is 60.0 Å². The van der Waals surface area contributed by atoms with Gasteiger partial charge in [0.25, 0.3) is 5.91 Å². The van der Waals surface area contributed by atoms with Gasteiger partial charge in [-0.05, 0) is 50.9 Å². The molecule has 1 amide bonds. The summed E-state index contributed by atoms with van der Waals surface area (Å²) in [6, 6.07) is 3.64. The number of amides is 1. The monoisotopic (exact) mass is 368 g/mol. The highest BCUT2D eigenvalue weighted by Crippen LogP contribution is 2.27. The molecule has 0 saturated carbocycles. The van der Waals surface area contributed by atoms with Gasteiger partial charge in [-0.2, -0.15) is 0 Å². The van der Waals surface area contributed by atoms with E-state index in [9.17, 15) is 4.79 Å². The number of pyridine rings is 1. The Labute approximate surface area is 160 Å². The van der Waals surface area contributed by atoms with Gasteiger partial charge in [-0.1, -0.05) is 6.42 Å². The molecular formula is C20H28N6O. The summed E-state index contributed by atoms with van der Waals surface area (Å²) in [4.78, 5) is 21.2. The maximum absolute atomic E-state index is 12.8. The van der Waals surface area contributed by atoms with Gasteiger partial charge in [-0.15, -0.1) is 10.2 Å². The minimum atomic E-state index is 0.0588. The quantitative estimate of drug-likeness (QED) is 0.828. The molecule has 27 heavy (non-hydrogen) atoms. The van der Waals surface area contributed by atoms with Gasteiger partial charge < -0.3 is 9.47 Å². The summed E-state index contributed by atoms with van der Waals surface area (Å²) in [7, 11) is 2.07. The molecular weight excluding hydrogens is 340 g/mol. The fourth-order valence-corrected chi connectivity index (χ4v) is 4.23. The highest BCUT2D eigenvalue weighted by molar-refractivity contribution is 5.93. The molecule has 2 saturated heterocycles. The lowest BCUT2D eigenvalue weighted by atomic mass is 9.96. The van der Waals surface area contributed by atoms with E-state index in [1.54, 1.807) is 12.4 Å². The van der Waals surface area contributed by atoms with Crippen molar-refractivity contribution < 1.29 is 4.79 Å². The largest absolute Gasteiger partial charge is 0.338 e. The maximum atomic E-state index is 12.8. The fourth-order valence-electron chi connectivity index (χ4n) is 4.23. The Hall–Kier alpha value is -2.28. The number of hydrogen-bond acceptors (Lipinski definition) is 5. The Morgan fingerprint density at radius 2 is 2.00 bits per heavy atom. The molecule has 7 heteroatoms. The van der Waals surface area contributed by atoms with Crippen LogP contribution in [0.5, 0.6) is 0 Å². The minimum Gasteiger partial charge on any atom is -0.338 e. The standard InChI is InChI=1S/C20H28N6O/c1-24-18(15-25-10-3-2-4-11-25)22-23-19(24)17-8-6-12-26(14-17)20(27)16-7-5-9-21-13-16/h5,7,9,13,17H,2-4,6,8,10-12,14-15H2,1H3. The molecule has 0 radical (unpaired) electrons. The number of likely N-dealkylation sites (tertiary alicyclic amines) is 2. The SMILES string of the molecule is Cn1c(CN2CCCCC2)nnc1C1CCCN(C(=O)c2cccnc2)C1. The fraction of sp³-hybridized carbons (Fsp3) is 0.600. The summed E-state index contributed by atoms with van der Waals surface area (Å²) < 4.78 is 2.15. The van der Waals surface area contributed by atoms with Crippen LogP contribution in [0.2, 0.25) is 0 Å². The summed E-state index contributed by atoms with van der Waals surface area (Å²) in [5, 5.41) is 8.98. The van der Waals surface area contributed by atoms with Gasteiger partial charge >= 0.3 is 0 Å². The van der Waals surface area contributed by atoms with Crippen molar-refractivity contribution in [1.29, 1.82) is 0 Å². The van der Waals surface area contributed by atoms with Crippen LogP contribution in [-0.2, 0) is 13.6 Å². The van der Waals surface area contributed by atoms with E-state index in [1.165, 1.54) is 19.3 Å². The number of rotatable bonds is 4. The van der Waals surface area contributed by atoms with Gasteiger partial charge in [0.1, 0.15) is 11.6 Å². The number of hydrogen-bond donors (Lipinski definition) is 0. The van der Waals surface area contributed by atoms with Crippen LogP contribution in [0.3, 0.4) is 0 Å². The van der Waals surface area contributed by atoms with Gasteiger partial charge in [0.2, 0.25) is 0 Å². The molecule has 0 spiro atoms. The van der Waals surface area contributed by atoms with E-state index in [-0.39, 0.29) is 11.8 Å². The zero-order valence-electron chi connectivity index (χ0n) is 16.0. The van der Waals surface area contributed by atoms with Gasteiger partial charge in [-0.3, -0.25) is 14.7 Å². The topological polar surface area (TPSA) is 67.2 Å². The number of piperidine rings is 2. The highest BCUT2D eigenvalue weighted by Gasteiger charge is 2.29. The molecule has 2 aliphatic heterocycles. The Balaban J connectivity index is 1.44. The minimum absolute atomic E-state index is 0.0588. The lowest BCUT2D eigenvalue weighted by molar-refractivity contribution is 0.0703. The van der Waals surface area contributed by atoms with Crippen LogP contribution in [0.25, 0.3) is 0 Å². The first-order valence-corrected chi connectivity index (χ1v) is 10.0. The van der Waals surface area contributed by atoms with Gasteiger partial charge in [0.15, 0.2) is 0 Å². The van der Waals surface area contributed by atoms with Gasteiger partial charge in [0.05, 0.1) is 12.1 Å². The van der Waals surface area contributed by atoms with E-state index in [4.69, 9.17) is 0 Å². The first-order valence-electron chi connectivity index (χ1n) is 10.0. The third kappa shape index (κ3) is 4.03.